The molecule has 2 rings (SSSR count). The highest BCUT2D eigenvalue weighted by Gasteiger charge is 2.14. The summed E-state index contributed by atoms with van der Waals surface area (Å²) in [6.45, 7) is 0. The van der Waals surface area contributed by atoms with Crippen molar-refractivity contribution in [1.82, 2.24) is 10.3 Å². The van der Waals surface area contributed by atoms with Gasteiger partial charge in [0.25, 0.3) is 0 Å². The lowest BCUT2D eigenvalue weighted by atomic mass is 10.1. The first-order valence-corrected chi connectivity index (χ1v) is 6.84. The zero-order chi connectivity index (χ0) is 13.7. The molecule has 0 fully saturated rings. The molecule has 1 N–H and O–H groups in total. The SMILES string of the molecule is CNC(CSc1cccc(F)c1)c1ccncc1F. The Morgan fingerprint density at radius 3 is 2.84 bits per heavy atom. The molecular formula is C14H14F2N2S. The monoisotopic (exact) mass is 280 g/mol. The molecule has 1 aromatic carbocycles. The number of pyridine rings is 1. The van der Waals surface area contributed by atoms with E-state index in [0.29, 0.717) is 11.3 Å². The smallest absolute Gasteiger partial charge is 0.146 e. The van der Waals surface area contributed by atoms with Crippen molar-refractivity contribution >= 4 is 11.8 Å². The first-order valence-electron chi connectivity index (χ1n) is 5.85. The Morgan fingerprint density at radius 2 is 2.16 bits per heavy atom. The summed E-state index contributed by atoms with van der Waals surface area (Å²) in [5.74, 6) is 0.0174. The molecule has 0 bridgehead atoms. The minimum absolute atomic E-state index is 0.142. The van der Waals surface area contributed by atoms with Crippen molar-refractivity contribution < 1.29 is 8.78 Å². The van der Waals surface area contributed by atoms with E-state index in [-0.39, 0.29) is 17.7 Å². The molecule has 0 saturated carbocycles. The molecule has 100 valence electrons. The molecule has 1 atom stereocenters. The van der Waals surface area contributed by atoms with Crippen LogP contribution in [0, 0.1) is 11.6 Å². The fourth-order valence-corrected chi connectivity index (χ4v) is 2.81. The summed E-state index contributed by atoms with van der Waals surface area (Å²) in [6, 6.07) is 7.89. The maximum atomic E-state index is 13.6. The molecule has 2 nitrogen and oxygen atoms in total. The summed E-state index contributed by atoms with van der Waals surface area (Å²) in [6.07, 6.45) is 2.77. The van der Waals surface area contributed by atoms with Gasteiger partial charge >= 0.3 is 0 Å². The number of nitrogens with zero attached hydrogens (tertiary/aromatic N) is 1. The van der Waals surface area contributed by atoms with Crippen LogP contribution in [0.4, 0.5) is 8.78 Å². The third kappa shape index (κ3) is 3.75. The third-order valence-electron chi connectivity index (χ3n) is 2.74. The van der Waals surface area contributed by atoms with Crippen LogP contribution < -0.4 is 5.32 Å². The summed E-state index contributed by atoms with van der Waals surface area (Å²) >= 11 is 1.48. The van der Waals surface area contributed by atoms with Gasteiger partial charge < -0.3 is 5.32 Å². The van der Waals surface area contributed by atoms with E-state index in [1.165, 1.54) is 30.1 Å². The normalized spacial score (nSPS) is 12.4. The zero-order valence-electron chi connectivity index (χ0n) is 10.4. The van der Waals surface area contributed by atoms with Crippen molar-refractivity contribution in [2.75, 3.05) is 12.8 Å². The van der Waals surface area contributed by atoms with Crippen LogP contribution in [-0.2, 0) is 0 Å². The Hall–Kier alpha value is -1.46. The minimum atomic E-state index is -0.332. The quantitative estimate of drug-likeness (QED) is 0.850. The Bertz CT molecular complexity index is 548. The highest BCUT2D eigenvalue weighted by atomic mass is 32.2. The van der Waals surface area contributed by atoms with E-state index in [1.54, 1.807) is 25.4 Å². The lowest BCUT2D eigenvalue weighted by molar-refractivity contribution is 0.560. The predicted octanol–water partition coefficient (Wildman–Crippen LogP) is 3.41. The molecule has 0 aliphatic rings. The van der Waals surface area contributed by atoms with Gasteiger partial charge in [-0.2, -0.15) is 0 Å². The summed E-state index contributed by atoms with van der Waals surface area (Å²) in [7, 11) is 1.77. The van der Waals surface area contributed by atoms with Crippen LogP contribution in [0.1, 0.15) is 11.6 Å². The second-order valence-electron chi connectivity index (χ2n) is 4.01. The number of benzene rings is 1. The van der Waals surface area contributed by atoms with Crippen molar-refractivity contribution in [3.05, 3.63) is 59.9 Å². The number of hydrogen-bond acceptors (Lipinski definition) is 3. The maximum absolute atomic E-state index is 13.6. The standard InChI is InChI=1S/C14H14F2N2S/c1-17-14(12-5-6-18-8-13(12)16)9-19-11-4-2-3-10(15)7-11/h2-8,14,17H,9H2,1H3. The van der Waals surface area contributed by atoms with Crippen molar-refractivity contribution in [3.63, 3.8) is 0 Å². The van der Waals surface area contributed by atoms with Crippen LogP contribution in [0.15, 0.2) is 47.6 Å². The van der Waals surface area contributed by atoms with Gasteiger partial charge in [0.2, 0.25) is 0 Å². The topological polar surface area (TPSA) is 24.9 Å². The number of hydrogen-bond donors (Lipinski definition) is 1. The molecule has 2 aromatic rings. The molecule has 0 aliphatic heterocycles. The van der Waals surface area contributed by atoms with Gasteiger partial charge in [0.1, 0.15) is 11.6 Å². The summed E-state index contributed by atoms with van der Waals surface area (Å²) < 4.78 is 26.7. The Labute approximate surface area is 115 Å². The van der Waals surface area contributed by atoms with Crippen molar-refractivity contribution in [2.45, 2.75) is 10.9 Å². The van der Waals surface area contributed by atoms with E-state index in [0.717, 1.165) is 4.90 Å². The van der Waals surface area contributed by atoms with Crippen LogP contribution in [-0.4, -0.2) is 17.8 Å². The molecule has 0 aliphatic carbocycles. The van der Waals surface area contributed by atoms with Gasteiger partial charge in [-0.3, -0.25) is 4.98 Å². The van der Waals surface area contributed by atoms with E-state index >= 15 is 0 Å². The largest absolute Gasteiger partial charge is 0.312 e. The number of nitrogens with one attached hydrogen (secondary N) is 1. The fourth-order valence-electron chi connectivity index (χ4n) is 1.73. The van der Waals surface area contributed by atoms with Gasteiger partial charge in [0.05, 0.1) is 6.20 Å². The van der Waals surface area contributed by atoms with Gasteiger partial charge in [0, 0.05) is 28.5 Å². The lowest BCUT2D eigenvalue weighted by Crippen LogP contribution is -2.20. The fraction of sp³-hybridized carbons (Fsp3) is 0.214. The number of halogens is 2. The van der Waals surface area contributed by atoms with Crippen LogP contribution in [0.5, 0.6) is 0 Å². The Balaban J connectivity index is 2.06. The van der Waals surface area contributed by atoms with E-state index < -0.39 is 0 Å². The number of rotatable bonds is 5. The molecule has 0 saturated heterocycles. The van der Waals surface area contributed by atoms with E-state index in [2.05, 4.69) is 10.3 Å². The van der Waals surface area contributed by atoms with E-state index in [4.69, 9.17) is 0 Å². The molecule has 1 aromatic heterocycles. The molecule has 5 heteroatoms. The summed E-state index contributed by atoms with van der Waals surface area (Å²) in [4.78, 5) is 4.56. The van der Waals surface area contributed by atoms with Crippen molar-refractivity contribution in [2.24, 2.45) is 0 Å². The van der Waals surface area contributed by atoms with E-state index in [1.807, 2.05) is 6.07 Å². The number of thioether (sulfide) groups is 1. The van der Waals surface area contributed by atoms with Gasteiger partial charge in [-0.1, -0.05) is 6.07 Å². The first kappa shape index (κ1) is 14.0. The average molecular weight is 280 g/mol. The van der Waals surface area contributed by atoms with Gasteiger partial charge in [0.15, 0.2) is 0 Å². The second-order valence-corrected chi connectivity index (χ2v) is 5.10. The van der Waals surface area contributed by atoms with Crippen LogP contribution in [0.3, 0.4) is 0 Å². The van der Waals surface area contributed by atoms with Crippen LogP contribution in [0.2, 0.25) is 0 Å². The Morgan fingerprint density at radius 1 is 1.32 bits per heavy atom. The molecule has 0 spiro atoms. The second kappa shape index (κ2) is 6.63. The van der Waals surface area contributed by atoms with Crippen LogP contribution >= 0.6 is 11.8 Å². The molecule has 1 unspecified atom stereocenters. The Kier molecular flexibility index (Phi) is 4.87. The first-order chi connectivity index (χ1) is 9.20. The van der Waals surface area contributed by atoms with Gasteiger partial charge in [-0.15, -0.1) is 11.8 Å². The zero-order valence-corrected chi connectivity index (χ0v) is 11.3. The summed E-state index contributed by atoms with van der Waals surface area (Å²) in [5.41, 5.74) is 0.571. The maximum Gasteiger partial charge on any atom is 0.146 e. The predicted molar refractivity (Wildman–Crippen MR) is 73.1 cm³/mol. The van der Waals surface area contributed by atoms with Gasteiger partial charge in [-0.05, 0) is 31.3 Å². The average Bonchev–Trinajstić information content (AvgIpc) is 2.41. The molecule has 0 radical (unpaired) electrons. The molecular weight excluding hydrogens is 266 g/mol. The molecule has 1 heterocycles. The van der Waals surface area contributed by atoms with E-state index in [9.17, 15) is 8.78 Å². The highest BCUT2D eigenvalue weighted by Crippen LogP contribution is 2.26. The van der Waals surface area contributed by atoms with Gasteiger partial charge in [-0.25, -0.2) is 8.78 Å². The third-order valence-corrected chi connectivity index (χ3v) is 3.83. The van der Waals surface area contributed by atoms with Crippen molar-refractivity contribution in [3.8, 4) is 0 Å². The summed E-state index contributed by atoms with van der Waals surface area (Å²) in [5, 5.41) is 3.06. The lowest BCUT2D eigenvalue weighted by Gasteiger charge is -2.16. The number of aromatic nitrogens is 1. The van der Waals surface area contributed by atoms with Crippen molar-refractivity contribution in [1.29, 1.82) is 0 Å². The molecule has 19 heavy (non-hydrogen) atoms. The molecule has 0 amide bonds. The van der Waals surface area contributed by atoms with Crippen LogP contribution in [0.25, 0.3) is 0 Å². The minimum Gasteiger partial charge on any atom is -0.312 e. The highest BCUT2D eigenvalue weighted by molar-refractivity contribution is 7.99.